The molecule has 2 rings (SSSR count). The van der Waals surface area contributed by atoms with E-state index in [1.807, 2.05) is 6.92 Å². The second-order valence-corrected chi connectivity index (χ2v) is 5.46. The van der Waals surface area contributed by atoms with Gasteiger partial charge in [-0.15, -0.1) is 0 Å². The molecule has 0 amide bonds. The number of aryl methyl sites for hydroxylation is 2. The molecule has 0 aliphatic heterocycles. The fourth-order valence-electron chi connectivity index (χ4n) is 2.82. The number of nitro groups is 1. The van der Waals surface area contributed by atoms with Gasteiger partial charge in [0.1, 0.15) is 5.69 Å². The van der Waals surface area contributed by atoms with Crippen molar-refractivity contribution in [3.8, 4) is 0 Å². The van der Waals surface area contributed by atoms with E-state index in [-0.39, 0.29) is 22.7 Å². The minimum absolute atomic E-state index is 0.0497. The van der Waals surface area contributed by atoms with Gasteiger partial charge in [0.25, 0.3) is 0 Å². The van der Waals surface area contributed by atoms with Gasteiger partial charge in [0, 0.05) is 18.6 Å². The lowest BCUT2D eigenvalue weighted by atomic mass is 9.91. The molecule has 7 nitrogen and oxygen atoms in total. The quantitative estimate of drug-likeness (QED) is 0.636. The molecule has 3 N–H and O–H groups in total. The Morgan fingerprint density at radius 3 is 2.80 bits per heavy atom. The van der Waals surface area contributed by atoms with Crippen molar-refractivity contribution >= 4 is 11.5 Å². The number of hydrogen-bond acceptors (Lipinski definition) is 5. The molecule has 0 bridgehead atoms. The molecule has 7 heteroatoms. The molecule has 1 aromatic heterocycles. The first-order chi connectivity index (χ1) is 9.54. The van der Waals surface area contributed by atoms with Gasteiger partial charge in [-0.1, -0.05) is 19.8 Å². The smallest absolute Gasteiger partial charge is 0.333 e. The lowest BCUT2D eigenvalue weighted by molar-refractivity contribution is -0.384. The summed E-state index contributed by atoms with van der Waals surface area (Å²) in [6, 6.07) is 0.141. The SMILES string of the molecule is CCCn1nc(C)c([N+](=O)[O-])c1NC1CCCCC1N. The molecule has 2 unspecified atom stereocenters. The largest absolute Gasteiger partial charge is 0.360 e. The normalized spacial score (nSPS) is 22.8. The standard InChI is InChI=1S/C13H23N5O2/c1-3-8-17-13(12(18(19)20)9(2)16-17)15-11-7-5-4-6-10(11)14/h10-11,15H,3-8,14H2,1-2H3. The van der Waals surface area contributed by atoms with Crippen LogP contribution in [0.1, 0.15) is 44.7 Å². The number of aromatic nitrogens is 2. The third-order valence-electron chi connectivity index (χ3n) is 3.86. The van der Waals surface area contributed by atoms with Crippen LogP contribution in [0.25, 0.3) is 0 Å². The van der Waals surface area contributed by atoms with Gasteiger partial charge in [0.15, 0.2) is 0 Å². The Hall–Kier alpha value is -1.63. The fraction of sp³-hybridized carbons (Fsp3) is 0.769. The number of nitrogens with two attached hydrogens (primary N) is 1. The van der Waals surface area contributed by atoms with Crippen LogP contribution in [-0.4, -0.2) is 26.8 Å². The summed E-state index contributed by atoms with van der Waals surface area (Å²) >= 11 is 0. The van der Waals surface area contributed by atoms with Crippen LogP contribution in [0.3, 0.4) is 0 Å². The predicted octanol–water partition coefficient (Wildman–Crippen LogP) is 2.19. The zero-order valence-corrected chi connectivity index (χ0v) is 12.1. The number of nitrogens with zero attached hydrogens (tertiary/aromatic N) is 3. The molecule has 0 radical (unpaired) electrons. The molecule has 20 heavy (non-hydrogen) atoms. The van der Waals surface area contributed by atoms with E-state index >= 15 is 0 Å². The molecule has 112 valence electrons. The number of rotatable bonds is 5. The van der Waals surface area contributed by atoms with Crippen LogP contribution >= 0.6 is 0 Å². The lowest BCUT2D eigenvalue weighted by Crippen LogP contribution is -2.43. The summed E-state index contributed by atoms with van der Waals surface area (Å²) in [4.78, 5) is 10.9. The highest BCUT2D eigenvalue weighted by atomic mass is 16.6. The van der Waals surface area contributed by atoms with E-state index in [1.54, 1.807) is 11.6 Å². The van der Waals surface area contributed by atoms with E-state index in [0.29, 0.717) is 18.1 Å². The molecular weight excluding hydrogens is 258 g/mol. The lowest BCUT2D eigenvalue weighted by Gasteiger charge is -2.29. The Balaban J connectivity index is 2.29. The second-order valence-electron chi connectivity index (χ2n) is 5.46. The van der Waals surface area contributed by atoms with E-state index in [4.69, 9.17) is 5.73 Å². The summed E-state index contributed by atoms with van der Waals surface area (Å²) in [5.74, 6) is 0.511. The van der Waals surface area contributed by atoms with Crippen LogP contribution in [-0.2, 0) is 6.54 Å². The summed E-state index contributed by atoms with van der Waals surface area (Å²) in [7, 11) is 0. The summed E-state index contributed by atoms with van der Waals surface area (Å²) in [5, 5.41) is 18.8. The van der Waals surface area contributed by atoms with Crippen molar-refractivity contribution < 1.29 is 4.92 Å². The third kappa shape index (κ3) is 2.92. The summed E-state index contributed by atoms with van der Waals surface area (Å²) < 4.78 is 1.70. The molecule has 0 saturated heterocycles. The maximum absolute atomic E-state index is 11.3. The molecule has 1 aliphatic carbocycles. The van der Waals surface area contributed by atoms with E-state index in [0.717, 1.165) is 32.1 Å². The van der Waals surface area contributed by atoms with E-state index in [9.17, 15) is 10.1 Å². The van der Waals surface area contributed by atoms with Crippen LogP contribution in [0.5, 0.6) is 0 Å². The topological polar surface area (TPSA) is 99.0 Å². The van der Waals surface area contributed by atoms with Crippen LogP contribution < -0.4 is 11.1 Å². The van der Waals surface area contributed by atoms with Gasteiger partial charge in [0.05, 0.1) is 4.92 Å². The summed E-state index contributed by atoms with van der Waals surface area (Å²) in [6.45, 7) is 4.37. The molecule has 1 aromatic rings. The van der Waals surface area contributed by atoms with Gasteiger partial charge >= 0.3 is 5.69 Å². The zero-order chi connectivity index (χ0) is 14.7. The average Bonchev–Trinajstić information content (AvgIpc) is 2.69. The first kappa shape index (κ1) is 14.8. The van der Waals surface area contributed by atoms with Crippen molar-refractivity contribution in [1.29, 1.82) is 0 Å². The minimum atomic E-state index is -0.356. The van der Waals surface area contributed by atoms with Gasteiger partial charge in [0.2, 0.25) is 5.82 Å². The average molecular weight is 281 g/mol. The Labute approximate surface area is 118 Å². The molecule has 1 saturated carbocycles. The monoisotopic (exact) mass is 281 g/mol. The highest BCUT2D eigenvalue weighted by molar-refractivity contribution is 5.60. The first-order valence-corrected chi connectivity index (χ1v) is 7.28. The number of anilines is 1. The molecule has 1 aliphatic rings. The van der Waals surface area contributed by atoms with Crippen molar-refractivity contribution in [2.75, 3.05) is 5.32 Å². The zero-order valence-electron chi connectivity index (χ0n) is 12.1. The van der Waals surface area contributed by atoms with Crippen molar-refractivity contribution in [1.82, 2.24) is 9.78 Å². The highest BCUT2D eigenvalue weighted by Crippen LogP contribution is 2.31. The first-order valence-electron chi connectivity index (χ1n) is 7.28. The van der Waals surface area contributed by atoms with Crippen molar-refractivity contribution in [3.63, 3.8) is 0 Å². The van der Waals surface area contributed by atoms with Gasteiger partial charge in [-0.05, 0) is 26.2 Å². The molecule has 1 heterocycles. The minimum Gasteiger partial charge on any atom is -0.360 e. The molecular formula is C13H23N5O2. The van der Waals surface area contributed by atoms with E-state index in [2.05, 4.69) is 10.4 Å². The Kier molecular flexibility index (Phi) is 4.59. The predicted molar refractivity (Wildman–Crippen MR) is 77.8 cm³/mol. The second kappa shape index (κ2) is 6.21. The van der Waals surface area contributed by atoms with Crippen LogP contribution in [0, 0.1) is 17.0 Å². The molecule has 1 fully saturated rings. The van der Waals surface area contributed by atoms with E-state index < -0.39 is 0 Å². The van der Waals surface area contributed by atoms with E-state index in [1.165, 1.54) is 0 Å². The maximum Gasteiger partial charge on any atom is 0.333 e. The van der Waals surface area contributed by atoms with Gasteiger partial charge < -0.3 is 11.1 Å². The van der Waals surface area contributed by atoms with Crippen molar-refractivity contribution in [2.45, 2.75) is 64.6 Å². The van der Waals surface area contributed by atoms with Crippen LogP contribution in [0.15, 0.2) is 0 Å². The summed E-state index contributed by atoms with van der Waals surface area (Å²) in [5.41, 5.74) is 6.66. The van der Waals surface area contributed by atoms with Crippen LogP contribution in [0.2, 0.25) is 0 Å². The summed E-state index contributed by atoms with van der Waals surface area (Å²) in [6.07, 6.45) is 5.04. The Bertz CT molecular complexity index is 485. The number of hydrogen-bond donors (Lipinski definition) is 2. The molecule has 0 spiro atoms. The Morgan fingerprint density at radius 2 is 2.20 bits per heavy atom. The van der Waals surface area contributed by atoms with Gasteiger partial charge in [-0.2, -0.15) is 5.10 Å². The highest BCUT2D eigenvalue weighted by Gasteiger charge is 2.29. The maximum atomic E-state index is 11.3. The van der Waals surface area contributed by atoms with Crippen molar-refractivity contribution in [2.24, 2.45) is 5.73 Å². The number of nitrogens with one attached hydrogen (secondary N) is 1. The third-order valence-corrected chi connectivity index (χ3v) is 3.86. The van der Waals surface area contributed by atoms with Gasteiger partial charge in [-0.25, -0.2) is 4.68 Å². The molecule has 0 aromatic carbocycles. The fourth-order valence-corrected chi connectivity index (χ4v) is 2.82. The van der Waals surface area contributed by atoms with Gasteiger partial charge in [-0.3, -0.25) is 10.1 Å². The van der Waals surface area contributed by atoms with Crippen LogP contribution in [0.4, 0.5) is 11.5 Å². The van der Waals surface area contributed by atoms with Crippen molar-refractivity contribution in [3.05, 3.63) is 15.8 Å². The Morgan fingerprint density at radius 1 is 1.50 bits per heavy atom. The molecule has 2 atom stereocenters.